The third kappa shape index (κ3) is 12.6. The van der Waals surface area contributed by atoms with Crippen LogP contribution in [0, 0.1) is 5.41 Å². The summed E-state index contributed by atoms with van der Waals surface area (Å²) in [5.74, 6) is -2.26. The van der Waals surface area contributed by atoms with E-state index in [1.165, 1.54) is 31.2 Å². The number of ketones is 1. The summed E-state index contributed by atoms with van der Waals surface area (Å²) in [5.41, 5.74) is 3.31. The van der Waals surface area contributed by atoms with E-state index in [1.807, 2.05) is 0 Å². The number of hydrogen-bond donors (Lipinski definition) is 5. The quantitative estimate of drug-likeness (QED) is 0.0301. The Kier molecular flexibility index (Phi) is 16.4. The lowest BCUT2D eigenvalue weighted by Gasteiger charge is -2.18. The molecule has 15 heteroatoms. The average Bonchev–Trinajstić information content (AvgIpc) is 3.57. The Bertz CT molecular complexity index is 1860. The lowest BCUT2D eigenvalue weighted by molar-refractivity contribution is -0.126. The molecule has 1 heterocycles. The molecule has 1 unspecified atom stereocenters. The van der Waals surface area contributed by atoms with Crippen molar-refractivity contribution in [3.8, 4) is 0 Å². The van der Waals surface area contributed by atoms with Gasteiger partial charge in [0.25, 0.3) is 17.7 Å². The number of ether oxygens (including phenoxy) is 1. The van der Waals surface area contributed by atoms with E-state index in [9.17, 15) is 24.0 Å². The maximum Gasteiger partial charge on any atom is 0.258 e. The number of benzene rings is 3. The minimum Gasteiger partial charge on any atom is -0.478 e. The first kappa shape index (κ1) is 42.9. The number of azo groups is 1. The number of carbonyl (C=O) groups excluding carboxylic acids is 5. The number of nitrogens with one attached hydrogen (secondary N) is 5. The molecule has 3 aromatic rings. The number of nitrogens with zero attached hydrogens (tertiary/aromatic N) is 4. The summed E-state index contributed by atoms with van der Waals surface area (Å²) in [6.07, 6.45) is 1.77. The molecule has 298 valence electrons. The molecule has 0 aromatic heterocycles. The van der Waals surface area contributed by atoms with E-state index < -0.39 is 23.6 Å². The third-order valence-corrected chi connectivity index (χ3v) is 9.36. The first-order valence-electron chi connectivity index (χ1n) is 19.1. The van der Waals surface area contributed by atoms with Gasteiger partial charge in [0.2, 0.25) is 17.8 Å². The summed E-state index contributed by atoms with van der Waals surface area (Å²) < 4.78 is 5.76. The third-order valence-electron chi connectivity index (χ3n) is 9.36. The summed E-state index contributed by atoms with van der Waals surface area (Å²) in [6, 6.07) is 14.4. The fourth-order valence-electron chi connectivity index (χ4n) is 6.02. The van der Waals surface area contributed by atoms with Gasteiger partial charge in [-0.2, -0.15) is 10.2 Å². The largest absolute Gasteiger partial charge is 0.478 e. The molecular weight excluding hydrogens is 715 g/mol. The first-order chi connectivity index (χ1) is 26.9. The van der Waals surface area contributed by atoms with Crippen LogP contribution in [0.1, 0.15) is 79.3 Å². The van der Waals surface area contributed by atoms with E-state index in [2.05, 4.69) is 69.0 Å². The molecule has 0 fully saturated rings. The van der Waals surface area contributed by atoms with E-state index in [0.717, 1.165) is 57.7 Å². The second-order valence-electron chi connectivity index (χ2n) is 13.3. The average molecular weight is 768 g/mol. The predicted molar refractivity (Wildman–Crippen MR) is 217 cm³/mol. The Morgan fingerprint density at radius 3 is 2.12 bits per heavy atom. The van der Waals surface area contributed by atoms with Gasteiger partial charge in [-0.25, -0.2) is 0 Å². The van der Waals surface area contributed by atoms with Gasteiger partial charge in [-0.05, 0) is 113 Å². The van der Waals surface area contributed by atoms with E-state index in [-0.39, 0.29) is 35.3 Å². The Morgan fingerprint density at radius 1 is 0.804 bits per heavy atom. The zero-order chi connectivity index (χ0) is 40.6. The van der Waals surface area contributed by atoms with Crippen LogP contribution in [0.5, 0.6) is 0 Å². The number of anilines is 3. The number of amides is 4. The van der Waals surface area contributed by atoms with Gasteiger partial charge in [0.05, 0.1) is 18.7 Å². The zero-order valence-corrected chi connectivity index (χ0v) is 32.9. The molecule has 1 aliphatic heterocycles. The Hall–Kier alpha value is -5.80. The van der Waals surface area contributed by atoms with Crippen LogP contribution in [0.15, 0.2) is 70.9 Å². The van der Waals surface area contributed by atoms with Gasteiger partial charge in [-0.15, -0.1) is 0 Å². The Morgan fingerprint density at radius 2 is 1.46 bits per heavy atom. The second-order valence-corrected chi connectivity index (χ2v) is 13.3. The van der Waals surface area contributed by atoms with Crippen LogP contribution in [0.4, 0.5) is 22.7 Å². The highest BCUT2D eigenvalue weighted by Gasteiger charge is 2.25. The molecule has 1 atom stereocenters. The predicted octanol–water partition coefficient (Wildman–Crippen LogP) is 5.65. The number of hydrogen-bond acceptors (Lipinski definition) is 11. The van der Waals surface area contributed by atoms with Gasteiger partial charge in [0.15, 0.2) is 5.78 Å². The number of Topliss-reactive ketones (excluding diaryl/α,β-unsaturated/α-hetero) is 1. The van der Waals surface area contributed by atoms with E-state index in [4.69, 9.17) is 10.1 Å². The lowest BCUT2D eigenvalue weighted by atomic mass is 10.1. The van der Waals surface area contributed by atoms with Crippen molar-refractivity contribution in [3.05, 3.63) is 82.9 Å². The highest BCUT2D eigenvalue weighted by Crippen LogP contribution is 2.27. The highest BCUT2D eigenvalue weighted by molar-refractivity contribution is 6.11. The van der Waals surface area contributed by atoms with E-state index in [0.29, 0.717) is 41.5 Å². The zero-order valence-electron chi connectivity index (χ0n) is 32.9. The highest BCUT2D eigenvalue weighted by atomic mass is 16.5. The molecule has 0 aliphatic carbocycles. The summed E-state index contributed by atoms with van der Waals surface area (Å²) in [7, 11) is 0. The molecule has 0 saturated heterocycles. The van der Waals surface area contributed by atoms with Crippen LogP contribution in [0.3, 0.4) is 0 Å². The summed E-state index contributed by atoms with van der Waals surface area (Å²) in [6.45, 7) is 15.8. The maximum atomic E-state index is 13.4. The van der Waals surface area contributed by atoms with E-state index in [1.54, 1.807) is 36.4 Å². The maximum absolute atomic E-state index is 13.4. The molecule has 0 bridgehead atoms. The van der Waals surface area contributed by atoms with Gasteiger partial charge in [0.1, 0.15) is 0 Å². The molecule has 5 N–H and O–H groups in total. The molecule has 1 aliphatic rings. The van der Waals surface area contributed by atoms with Crippen molar-refractivity contribution in [2.24, 2.45) is 10.2 Å². The van der Waals surface area contributed by atoms with Crippen LogP contribution < -0.4 is 21.3 Å². The fraction of sp³-hybridized carbons (Fsp3) is 0.415. The molecule has 56 heavy (non-hydrogen) atoms. The molecule has 0 radical (unpaired) electrons. The van der Waals surface area contributed by atoms with Crippen molar-refractivity contribution in [1.29, 1.82) is 5.41 Å². The van der Waals surface area contributed by atoms with Gasteiger partial charge in [0, 0.05) is 46.8 Å². The molecule has 4 amide bonds. The van der Waals surface area contributed by atoms with Crippen LogP contribution in [-0.4, -0.2) is 104 Å². The number of rotatable bonds is 21. The van der Waals surface area contributed by atoms with Gasteiger partial charge in [-0.3, -0.25) is 29.4 Å². The van der Waals surface area contributed by atoms with Gasteiger partial charge in [-0.1, -0.05) is 33.8 Å². The normalized spacial score (nSPS) is 12.7. The number of fused-ring (bicyclic) bond motifs is 1. The van der Waals surface area contributed by atoms with Crippen LogP contribution in [0.2, 0.25) is 0 Å². The van der Waals surface area contributed by atoms with Crippen molar-refractivity contribution in [1.82, 2.24) is 15.1 Å². The minimum absolute atomic E-state index is 0.107. The molecular formula is C41H53N9O6. The van der Waals surface area contributed by atoms with Crippen molar-refractivity contribution in [2.75, 3.05) is 68.4 Å². The van der Waals surface area contributed by atoms with Crippen LogP contribution in [-0.2, 0) is 25.5 Å². The molecule has 0 saturated carbocycles. The minimum atomic E-state index is -1.42. The van der Waals surface area contributed by atoms with Crippen molar-refractivity contribution in [2.45, 2.75) is 59.9 Å². The van der Waals surface area contributed by atoms with Gasteiger partial charge < -0.3 is 35.8 Å². The molecule has 0 spiro atoms. The summed E-state index contributed by atoms with van der Waals surface area (Å²) in [5, 5.41) is 27.8. The van der Waals surface area contributed by atoms with Crippen LogP contribution in [0.25, 0.3) is 0 Å². The standard InChI is InChI=1S/C41H53N9O6/c1-6-49(7-2)19-10-18-43-39(53)31-22-30(38(42)56-21-11-20-50(8-3)9-4)23-34(24-31)45-40(54)28-12-15-32(16-13-28)47-48-37(27(5)51)41(55)44-33-17-14-29-25-36(52)46-35(29)26-33/h12-17,22-24,26,37,42H,6-11,18-21,25H2,1-5H3,(H,43,53)(H,44,55)(H,45,54)(H,46,52). The van der Waals surface area contributed by atoms with Crippen molar-refractivity contribution >= 4 is 58.1 Å². The second kappa shape index (κ2) is 21.3. The Labute approximate surface area is 328 Å². The Balaban J connectivity index is 1.43. The van der Waals surface area contributed by atoms with Gasteiger partial charge >= 0.3 is 0 Å². The van der Waals surface area contributed by atoms with Crippen LogP contribution >= 0.6 is 0 Å². The monoisotopic (exact) mass is 767 g/mol. The SMILES string of the molecule is CCN(CC)CCCNC(=O)c1cc(NC(=O)c2ccc(N=NC(C(C)=O)C(=O)Nc3ccc4c(c3)NC(=O)C4)cc2)cc(C(=N)OCCCN(CC)CC)c1. The van der Waals surface area contributed by atoms with Crippen molar-refractivity contribution in [3.63, 3.8) is 0 Å². The van der Waals surface area contributed by atoms with Crippen molar-refractivity contribution < 1.29 is 28.7 Å². The molecule has 15 nitrogen and oxygen atoms in total. The topological polar surface area (TPSA) is 198 Å². The summed E-state index contributed by atoms with van der Waals surface area (Å²) >= 11 is 0. The van der Waals surface area contributed by atoms with E-state index >= 15 is 0 Å². The molecule has 4 rings (SSSR count). The first-order valence-corrected chi connectivity index (χ1v) is 19.1. The summed E-state index contributed by atoms with van der Waals surface area (Å²) in [4.78, 5) is 68.1. The number of carbonyl (C=O) groups is 5. The smallest absolute Gasteiger partial charge is 0.258 e. The lowest BCUT2D eigenvalue weighted by Crippen LogP contribution is -2.31. The molecule has 3 aromatic carbocycles. The fourth-order valence-corrected chi connectivity index (χ4v) is 6.02.